The molecule has 2 aromatic rings. The van der Waals surface area contributed by atoms with Crippen molar-refractivity contribution in [3.8, 4) is 0 Å². The average molecular weight is 316 g/mol. The molecule has 0 saturated carbocycles. The Morgan fingerprint density at radius 3 is 2.83 bits per heavy atom. The predicted octanol–water partition coefficient (Wildman–Crippen LogP) is 2.84. The fourth-order valence-electron chi connectivity index (χ4n) is 3.45. The van der Waals surface area contributed by atoms with Gasteiger partial charge < -0.3 is 9.42 Å². The highest BCUT2D eigenvalue weighted by molar-refractivity contribution is 5.96. The van der Waals surface area contributed by atoms with E-state index in [4.69, 9.17) is 4.52 Å². The second kappa shape index (κ2) is 6.18. The smallest absolute Gasteiger partial charge is 0.259 e. The number of carbonyl (C=O) groups is 1. The van der Waals surface area contributed by atoms with Gasteiger partial charge in [-0.05, 0) is 46.1 Å². The molecule has 0 spiro atoms. The lowest BCUT2D eigenvalue weighted by atomic mass is 10.0. The van der Waals surface area contributed by atoms with Crippen molar-refractivity contribution >= 4 is 5.91 Å². The summed E-state index contributed by atoms with van der Waals surface area (Å²) < 4.78 is 7.28. The van der Waals surface area contributed by atoms with Crippen LogP contribution in [0.1, 0.15) is 59.0 Å². The minimum absolute atomic E-state index is 0.0341. The van der Waals surface area contributed by atoms with Crippen molar-refractivity contribution < 1.29 is 9.32 Å². The second-order valence-corrected chi connectivity index (χ2v) is 6.33. The molecular weight excluding hydrogens is 292 g/mol. The number of aryl methyl sites for hydroxylation is 4. The third kappa shape index (κ3) is 2.90. The molecule has 1 saturated heterocycles. The van der Waals surface area contributed by atoms with Gasteiger partial charge in [0.25, 0.3) is 5.91 Å². The first-order chi connectivity index (χ1) is 11.0. The van der Waals surface area contributed by atoms with E-state index in [1.165, 1.54) is 0 Å². The fourth-order valence-corrected chi connectivity index (χ4v) is 3.45. The summed E-state index contributed by atoms with van der Waals surface area (Å²) in [6, 6.07) is 2.33. The zero-order valence-corrected chi connectivity index (χ0v) is 14.3. The lowest BCUT2D eigenvalue weighted by Gasteiger charge is -2.33. The molecule has 1 fully saturated rings. The van der Waals surface area contributed by atoms with Crippen LogP contribution in [0.3, 0.4) is 0 Å². The first kappa shape index (κ1) is 15.8. The highest BCUT2D eigenvalue weighted by Crippen LogP contribution is 2.25. The van der Waals surface area contributed by atoms with Gasteiger partial charge >= 0.3 is 0 Å². The highest BCUT2D eigenvalue weighted by atomic mass is 16.5. The maximum Gasteiger partial charge on any atom is 0.259 e. The van der Waals surface area contributed by atoms with Gasteiger partial charge in [0.05, 0.1) is 17.4 Å². The van der Waals surface area contributed by atoms with Gasteiger partial charge in [-0.25, -0.2) is 0 Å². The zero-order chi connectivity index (χ0) is 16.6. The van der Waals surface area contributed by atoms with Crippen LogP contribution in [-0.4, -0.2) is 38.8 Å². The summed E-state index contributed by atoms with van der Waals surface area (Å²) in [5.41, 5.74) is 3.56. The van der Waals surface area contributed by atoms with Crippen LogP contribution in [0.5, 0.6) is 0 Å². The van der Waals surface area contributed by atoms with Crippen LogP contribution in [0.15, 0.2) is 10.6 Å². The molecule has 1 atom stereocenters. The van der Waals surface area contributed by atoms with Gasteiger partial charge in [0.2, 0.25) is 0 Å². The molecule has 23 heavy (non-hydrogen) atoms. The predicted molar refractivity (Wildman–Crippen MR) is 86.5 cm³/mol. The van der Waals surface area contributed by atoms with Crippen LogP contribution in [0, 0.1) is 20.8 Å². The molecule has 1 aliphatic heterocycles. The molecule has 0 N–H and O–H groups in total. The van der Waals surface area contributed by atoms with Crippen LogP contribution < -0.4 is 0 Å². The quantitative estimate of drug-likeness (QED) is 0.873. The zero-order valence-electron chi connectivity index (χ0n) is 14.3. The molecule has 1 amide bonds. The Morgan fingerprint density at radius 1 is 1.39 bits per heavy atom. The summed E-state index contributed by atoms with van der Waals surface area (Å²) in [5, 5.41) is 8.59. The van der Waals surface area contributed by atoms with E-state index >= 15 is 0 Å². The Balaban J connectivity index is 1.82. The van der Waals surface area contributed by atoms with E-state index in [1.54, 1.807) is 0 Å². The molecule has 6 heteroatoms. The van der Waals surface area contributed by atoms with Gasteiger partial charge in [-0.3, -0.25) is 9.48 Å². The number of hydrogen-bond acceptors (Lipinski definition) is 4. The van der Waals surface area contributed by atoms with Gasteiger partial charge in [0, 0.05) is 18.8 Å². The van der Waals surface area contributed by atoms with Crippen molar-refractivity contribution in [1.82, 2.24) is 19.8 Å². The number of carbonyl (C=O) groups excluding carboxylic acids is 1. The summed E-state index contributed by atoms with van der Waals surface area (Å²) in [6.07, 6.45) is 2.74. The molecular formula is C17H24N4O2. The van der Waals surface area contributed by atoms with Gasteiger partial charge in [0.1, 0.15) is 11.3 Å². The standard InChI is InChI=1S/C17H24N4O2/c1-5-15-16(13(4)23-19-15)17(22)20-8-6-7-14(10-20)21-12(3)9-11(2)18-21/h9,14H,5-8,10H2,1-4H3. The summed E-state index contributed by atoms with van der Waals surface area (Å²) in [6.45, 7) is 9.34. The van der Waals surface area contributed by atoms with E-state index in [0.29, 0.717) is 24.3 Å². The van der Waals surface area contributed by atoms with Crippen molar-refractivity contribution in [2.24, 2.45) is 0 Å². The third-order valence-corrected chi connectivity index (χ3v) is 4.56. The number of likely N-dealkylation sites (tertiary alicyclic amines) is 1. The third-order valence-electron chi connectivity index (χ3n) is 4.56. The lowest BCUT2D eigenvalue weighted by Crippen LogP contribution is -2.41. The van der Waals surface area contributed by atoms with Crippen LogP contribution >= 0.6 is 0 Å². The molecule has 6 nitrogen and oxygen atoms in total. The molecule has 3 rings (SSSR count). The van der Waals surface area contributed by atoms with Gasteiger partial charge in [-0.15, -0.1) is 0 Å². The Morgan fingerprint density at radius 2 is 2.17 bits per heavy atom. The molecule has 124 valence electrons. The number of rotatable bonds is 3. The Bertz CT molecular complexity index is 716. The molecule has 0 aliphatic carbocycles. The molecule has 3 heterocycles. The largest absolute Gasteiger partial charge is 0.361 e. The molecule has 0 aromatic carbocycles. The van der Waals surface area contributed by atoms with Crippen molar-refractivity contribution in [2.75, 3.05) is 13.1 Å². The number of nitrogens with zero attached hydrogens (tertiary/aromatic N) is 4. The number of hydrogen-bond donors (Lipinski definition) is 0. The normalized spacial score (nSPS) is 18.4. The molecule has 1 unspecified atom stereocenters. The van der Waals surface area contributed by atoms with E-state index in [2.05, 4.69) is 27.9 Å². The number of amides is 1. The summed E-state index contributed by atoms with van der Waals surface area (Å²) in [5.74, 6) is 0.645. The van der Waals surface area contributed by atoms with Crippen molar-refractivity contribution in [3.05, 3.63) is 34.5 Å². The summed E-state index contributed by atoms with van der Waals surface area (Å²) in [7, 11) is 0. The van der Waals surface area contributed by atoms with Crippen molar-refractivity contribution in [1.29, 1.82) is 0 Å². The Labute approximate surface area is 136 Å². The van der Waals surface area contributed by atoms with Crippen molar-refractivity contribution in [2.45, 2.75) is 53.0 Å². The van der Waals surface area contributed by atoms with Gasteiger partial charge in [-0.2, -0.15) is 5.10 Å². The van der Waals surface area contributed by atoms with Crippen LogP contribution in [0.25, 0.3) is 0 Å². The van der Waals surface area contributed by atoms with E-state index < -0.39 is 0 Å². The molecule has 1 aliphatic rings. The maximum absolute atomic E-state index is 12.9. The maximum atomic E-state index is 12.9. The first-order valence-electron chi connectivity index (χ1n) is 8.28. The topological polar surface area (TPSA) is 64.2 Å². The fraction of sp³-hybridized carbons (Fsp3) is 0.588. The highest BCUT2D eigenvalue weighted by Gasteiger charge is 2.30. The first-order valence-corrected chi connectivity index (χ1v) is 8.28. The van der Waals surface area contributed by atoms with E-state index in [0.717, 1.165) is 36.5 Å². The average Bonchev–Trinajstić information content (AvgIpc) is 3.08. The van der Waals surface area contributed by atoms with E-state index in [1.807, 2.05) is 25.7 Å². The molecule has 0 bridgehead atoms. The second-order valence-electron chi connectivity index (χ2n) is 6.33. The van der Waals surface area contributed by atoms with Gasteiger partial charge in [-0.1, -0.05) is 12.1 Å². The Kier molecular flexibility index (Phi) is 4.24. The molecule has 0 radical (unpaired) electrons. The summed E-state index contributed by atoms with van der Waals surface area (Å²) in [4.78, 5) is 14.8. The van der Waals surface area contributed by atoms with Crippen LogP contribution in [-0.2, 0) is 6.42 Å². The minimum atomic E-state index is 0.0341. The number of piperidine rings is 1. The monoisotopic (exact) mass is 316 g/mol. The molecule has 2 aromatic heterocycles. The Hall–Kier alpha value is -2.11. The lowest BCUT2D eigenvalue weighted by molar-refractivity contribution is 0.0669. The van der Waals surface area contributed by atoms with E-state index in [-0.39, 0.29) is 11.9 Å². The minimum Gasteiger partial charge on any atom is -0.361 e. The number of aromatic nitrogens is 3. The van der Waals surface area contributed by atoms with Crippen LogP contribution in [0.2, 0.25) is 0 Å². The van der Waals surface area contributed by atoms with E-state index in [9.17, 15) is 4.79 Å². The SMILES string of the molecule is CCc1noc(C)c1C(=O)N1CCCC(n2nc(C)cc2C)C1. The van der Waals surface area contributed by atoms with Gasteiger partial charge in [0.15, 0.2) is 0 Å². The van der Waals surface area contributed by atoms with Crippen molar-refractivity contribution in [3.63, 3.8) is 0 Å². The summed E-state index contributed by atoms with van der Waals surface area (Å²) >= 11 is 0. The van der Waals surface area contributed by atoms with Crippen LogP contribution in [0.4, 0.5) is 0 Å².